The van der Waals surface area contributed by atoms with Crippen molar-refractivity contribution in [1.29, 1.82) is 0 Å². The maximum Gasteiger partial charge on any atom is 0.422 e. The number of aromatic nitrogens is 2. The molecule has 9 nitrogen and oxygen atoms in total. The number of hydrogen-bond acceptors (Lipinski definition) is 8. The van der Waals surface area contributed by atoms with Gasteiger partial charge in [-0.25, -0.2) is 0 Å². The van der Waals surface area contributed by atoms with Gasteiger partial charge in [-0.1, -0.05) is 66.5 Å². The van der Waals surface area contributed by atoms with E-state index in [9.17, 15) is 22.8 Å². The maximum atomic E-state index is 12.4. The monoisotopic (exact) mass is 600 g/mol. The fourth-order valence-electron chi connectivity index (χ4n) is 3.63. The summed E-state index contributed by atoms with van der Waals surface area (Å²) in [6, 6.07) is 15.3. The first-order chi connectivity index (χ1) is 20.1. The van der Waals surface area contributed by atoms with E-state index in [0.29, 0.717) is 29.2 Å². The molecule has 0 aliphatic rings. The van der Waals surface area contributed by atoms with Crippen molar-refractivity contribution in [1.82, 2.24) is 15.5 Å². The number of rotatable bonds is 15. The highest BCUT2D eigenvalue weighted by Gasteiger charge is 2.28. The normalized spacial score (nSPS) is 11.9. The van der Waals surface area contributed by atoms with Crippen LogP contribution in [0.25, 0.3) is 0 Å². The molecule has 2 amide bonds. The minimum absolute atomic E-state index is 0.0195. The van der Waals surface area contributed by atoms with Crippen molar-refractivity contribution in [3.05, 3.63) is 94.9 Å². The molecule has 0 saturated carbocycles. The lowest BCUT2D eigenvalue weighted by atomic mass is 10.1. The van der Waals surface area contributed by atoms with Crippen LogP contribution in [0, 0.1) is 0 Å². The van der Waals surface area contributed by atoms with Crippen LogP contribution in [-0.2, 0) is 28.9 Å². The second-order valence-electron chi connectivity index (χ2n) is 9.12. The molecule has 0 bridgehead atoms. The van der Waals surface area contributed by atoms with Crippen LogP contribution >= 0.6 is 11.3 Å². The van der Waals surface area contributed by atoms with Crippen molar-refractivity contribution < 1.29 is 27.5 Å². The van der Waals surface area contributed by atoms with Crippen LogP contribution in [0.2, 0.25) is 0 Å². The molecule has 3 aromatic rings. The number of amides is 2. The minimum atomic E-state index is -4.45. The third-order valence-electron chi connectivity index (χ3n) is 5.58. The zero-order valence-electron chi connectivity index (χ0n) is 23.0. The number of carbonyl (C=O) groups is 2. The average Bonchev–Trinajstić information content (AvgIpc) is 3.38. The number of hydrogen-bond donors (Lipinski definition) is 2. The van der Waals surface area contributed by atoms with E-state index in [1.807, 2.05) is 43.3 Å². The van der Waals surface area contributed by atoms with E-state index in [0.717, 1.165) is 23.4 Å². The Morgan fingerprint density at radius 1 is 1.00 bits per heavy atom. The molecule has 0 radical (unpaired) electrons. The fraction of sp³-hybridized carbons (Fsp3) is 0.310. The fourth-order valence-corrected chi connectivity index (χ4v) is 4.43. The van der Waals surface area contributed by atoms with Gasteiger partial charge >= 0.3 is 6.18 Å². The smallest absolute Gasteiger partial charge is 0.422 e. The number of nitrogens with one attached hydrogen (secondary N) is 2. The highest BCUT2D eigenvalue weighted by atomic mass is 32.1. The van der Waals surface area contributed by atoms with E-state index < -0.39 is 18.7 Å². The molecule has 0 aliphatic carbocycles. The number of benzene rings is 2. The highest BCUT2D eigenvalue weighted by molar-refractivity contribution is 7.15. The SMILES string of the molecule is C=C(N=N/C(=C\C)CCCCc1nnc(NC(=O)Cc2ccccc2)s1)NC(=O)Cc1cccc(OCC(F)(F)F)c1. The number of unbranched alkanes of at least 4 members (excludes halogenated alkanes) is 1. The third-order valence-corrected chi connectivity index (χ3v) is 6.47. The van der Waals surface area contributed by atoms with Gasteiger partial charge < -0.3 is 15.4 Å². The topological polar surface area (TPSA) is 118 Å². The molecule has 1 heterocycles. The molecule has 3 rings (SSSR count). The molecular weight excluding hydrogens is 569 g/mol. The molecule has 42 heavy (non-hydrogen) atoms. The predicted molar refractivity (Wildman–Crippen MR) is 154 cm³/mol. The number of nitrogens with zero attached hydrogens (tertiary/aromatic N) is 4. The van der Waals surface area contributed by atoms with Gasteiger partial charge in [0.2, 0.25) is 16.9 Å². The molecule has 0 saturated heterocycles. The summed E-state index contributed by atoms with van der Waals surface area (Å²) in [7, 11) is 0. The quantitative estimate of drug-likeness (QED) is 0.151. The van der Waals surface area contributed by atoms with Crippen molar-refractivity contribution in [2.45, 2.75) is 51.6 Å². The Hall–Kier alpha value is -4.39. The van der Waals surface area contributed by atoms with Gasteiger partial charge in [0.05, 0.1) is 18.5 Å². The van der Waals surface area contributed by atoms with Gasteiger partial charge in [-0.3, -0.25) is 9.59 Å². The highest BCUT2D eigenvalue weighted by Crippen LogP contribution is 2.21. The van der Waals surface area contributed by atoms with Gasteiger partial charge in [0, 0.05) is 6.42 Å². The van der Waals surface area contributed by atoms with Crippen molar-refractivity contribution in [3.63, 3.8) is 0 Å². The predicted octanol–water partition coefficient (Wildman–Crippen LogP) is 6.56. The summed E-state index contributed by atoms with van der Waals surface area (Å²) >= 11 is 1.35. The molecule has 1 aromatic heterocycles. The third kappa shape index (κ3) is 12.4. The van der Waals surface area contributed by atoms with Gasteiger partial charge in [-0.05, 0) is 49.4 Å². The van der Waals surface area contributed by atoms with E-state index in [1.165, 1.54) is 29.5 Å². The van der Waals surface area contributed by atoms with Crippen molar-refractivity contribution in [3.8, 4) is 5.75 Å². The Balaban J connectivity index is 1.35. The Morgan fingerprint density at radius 3 is 2.48 bits per heavy atom. The van der Waals surface area contributed by atoms with Gasteiger partial charge in [0.15, 0.2) is 6.61 Å². The maximum absolute atomic E-state index is 12.4. The van der Waals surface area contributed by atoms with E-state index in [4.69, 9.17) is 4.74 Å². The lowest BCUT2D eigenvalue weighted by Gasteiger charge is -2.10. The summed E-state index contributed by atoms with van der Waals surface area (Å²) < 4.78 is 41.8. The molecule has 13 heteroatoms. The number of anilines is 1. The first-order valence-electron chi connectivity index (χ1n) is 13.1. The van der Waals surface area contributed by atoms with Gasteiger partial charge in [-0.2, -0.15) is 18.3 Å². The van der Waals surface area contributed by atoms with E-state index in [-0.39, 0.29) is 30.3 Å². The van der Waals surface area contributed by atoms with E-state index >= 15 is 0 Å². The van der Waals surface area contributed by atoms with Crippen LogP contribution in [0.1, 0.15) is 42.3 Å². The van der Waals surface area contributed by atoms with E-state index in [1.54, 1.807) is 6.07 Å². The van der Waals surface area contributed by atoms with Crippen LogP contribution < -0.4 is 15.4 Å². The molecular formula is C29H31F3N6O3S. The number of ether oxygens (including phenoxy) is 1. The minimum Gasteiger partial charge on any atom is -0.484 e. The molecule has 0 aliphatic heterocycles. The first kappa shape index (κ1) is 32.1. The number of alkyl halides is 3. The van der Waals surface area contributed by atoms with Crippen molar-refractivity contribution in [2.24, 2.45) is 10.2 Å². The average molecular weight is 601 g/mol. The molecule has 0 unspecified atom stereocenters. The van der Waals surface area contributed by atoms with Gasteiger partial charge in [-0.15, -0.1) is 15.3 Å². The lowest BCUT2D eigenvalue weighted by molar-refractivity contribution is -0.153. The van der Waals surface area contributed by atoms with Crippen LogP contribution in [0.4, 0.5) is 18.3 Å². The zero-order chi connectivity index (χ0) is 30.4. The molecule has 2 N–H and O–H groups in total. The Kier molecular flexibility index (Phi) is 12.4. The second-order valence-corrected chi connectivity index (χ2v) is 10.2. The lowest BCUT2D eigenvalue weighted by Crippen LogP contribution is -2.23. The molecule has 2 aromatic carbocycles. The van der Waals surface area contributed by atoms with Crippen molar-refractivity contribution >= 4 is 28.3 Å². The Labute approximate surface area is 245 Å². The largest absolute Gasteiger partial charge is 0.484 e. The first-order valence-corrected chi connectivity index (χ1v) is 13.9. The number of halogens is 3. The van der Waals surface area contributed by atoms with Crippen LogP contribution in [0.15, 0.2) is 89.0 Å². The Morgan fingerprint density at radius 2 is 1.74 bits per heavy atom. The van der Waals surface area contributed by atoms with Crippen LogP contribution in [0.3, 0.4) is 0 Å². The second kappa shape index (κ2) is 16.2. The van der Waals surface area contributed by atoms with Crippen molar-refractivity contribution in [2.75, 3.05) is 11.9 Å². The summed E-state index contributed by atoms with van der Waals surface area (Å²) in [5.41, 5.74) is 2.11. The summed E-state index contributed by atoms with van der Waals surface area (Å²) in [5, 5.41) is 22.9. The summed E-state index contributed by atoms with van der Waals surface area (Å²) in [5.74, 6) is -0.527. The van der Waals surface area contributed by atoms with E-state index in [2.05, 4.69) is 37.6 Å². The number of azo groups is 1. The number of aryl methyl sites for hydroxylation is 1. The zero-order valence-corrected chi connectivity index (χ0v) is 23.8. The molecule has 0 spiro atoms. The van der Waals surface area contributed by atoms with Crippen LogP contribution in [0.5, 0.6) is 5.75 Å². The molecule has 222 valence electrons. The molecule has 0 atom stereocenters. The number of allylic oxidation sites excluding steroid dienone is 2. The Bertz CT molecular complexity index is 1410. The summed E-state index contributed by atoms with van der Waals surface area (Å²) in [4.78, 5) is 24.5. The van der Waals surface area contributed by atoms with Gasteiger partial charge in [0.1, 0.15) is 16.6 Å². The molecule has 0 fully saturated rings. The number of carbonyl (C=O) groups excluding carboxylic acids is 2. The van der Waals surface area contributed by atoms with Gasteiger partial charge in [0.25, 0.3) is 0 Å². The van der Waals surface area contributed by atoms with Crippen LogP contribution in [-0.4, -0.2) is 34.8 Å². The standard InChI is InChI=1S/C29H31F3N6O3S/c1-3-23(13-7-8-15-27-37-38-28(42-27)34-26(40)17-21-10-5-4-6-11-21)36-35-20(2)33-25(39)18-22-12-9-14-24(16-22)41-19-29(30,31)32/h3-6,9-12,14,16H,2,7-8,13,15,17-19H2,1H3,(H,33,39)(H,34,38,40)/b23-3-,36-35?. The summed E-state index contributed by atoms with van der Waals surface area (Å²) in [6.45, 7) is 4.11. The summed E-state index contributed by atoms with van der Waals surface area (Å²) in [6.07, 6.45) is 0.506.